The molecular formula is C19H19BrN2O3. The molecule has 0 saturated carbocycles. The summed E-state index contributed by atoms with van der Waals surface area (Å²) in [5.41, 5.74) is 2.42. The fourth-order valence-corrected chi connectivity index (χ4v) is 4.76. The van der Waals surface area contributed by atoms with Crippen molar-refractivity contribution in [2.24, 2.45) is 0 Å². The van der Waals surface area contributed by atoms with E-state index in [2.05, 4.69) is 40.1 Å². The fourth-order valence-electron chi connectivity index (χ4n) is 4.04. The summed E-state index contributed by atoms with van der Waals surface area (Å²) < 4.78 is 6.44. The van der Waals surface area contributed by atoms with Gasteiger partial charge in [-0.25, -0.2) is 4.79 Å². The van der Waals surface area contributed by atoms with Gasteiger partial charge in [0.1, 0.15) is 17.1 Å². The van der Waals surface area contributed by atoms with E-state index < -0.39 is 5.97 Å². The van der Waals surface area contributed by atoms with Crippen LogP contribution in [0.2, 0.25) is 0 Å². The second-order valence-electron chi connectivity index (χ2n) is 6.84. The van der Waals surface area contributed by atoms with Gasteiger partial charge >= 0.3 is 5.97 Å². The number of carbonyl (C=O) groups is 1. The average Bonchev–Trinajstić information content (AvgIpc) is 3.05. The highest BCUT2D eigenvalue weighted by Gasteiger charge is 2.50. The lowest BCUT2D eigenvalue weighted by atomic mass is 9.81. The number of esters is 1. The highest BCUT2D eigenvalue weighted by atomic mass is 79.9. The molecule has 0 aliphatic carbocycles. The Morgan fingerprint density at radius 2 is 2.16 bits per heavy atom. The number of likely N-dealkylation sites (N-methyl/N-ethyl adjacent to an activating group) is 1. The number of halogens is 1. The predicted molar refractivity (Wildman–Crippen MR) is 99.4 cm³/mol. The second kappa shape index (κ2) is 5.75. The van der Waals surface area contributed by atoms with Gasteiger partial charge in [-0.15, -0.1) is 0 Å². The quantitative estimate of drug-likeness (QED) is 0.595. The van der Waals surface area contributed by atoms with Crippen LogP contribution < -0.4 is 15.0 Å². The van der Waals surface area contributed by atoms with E-state index in [9.17, 15) is 9.90 Å². The number of ether oxygens (including phenoxy) is 1. The number of hydrogen-bond acceptors (Lipinski definition) is 5. The molecule has 0 radical (unpaired) electrons. The molecule has 0 amide bonds. The number of hydrogen-bond donors (Lipinski definition) is 2. The predicted octanol–water partition coefficient (Wildman–Crippen LogP) is 3.40. The number of para-hydroxylation sites is 1. The number of nitrogens with zero attached hydrogens (tertiary/aromatic N) is 1. The first-order valence-corrected chi connectivity index (χ1v) is 9.01. The van der Waals surface area contributed by atoms with Crippen molar-refractivity contribution >= 4 is 27.6 Å². The van der Waals surface area contributed by atoms with Gasteiger partial charge < -0.3 is 14.7 Å². The maximum absolute atomic E-state index is 12.4. The Labute approximate surface area is 154 Å². The van der Waals surface area contributed by atoms with Crippen molar-refractivity contribution in [3.63, 3.8) is 0 Å². The van der Waals surface area contributed by atoms with Crippen LogP contribution in [0.3, 0.4) is 0 Å². The molecule has 2 aromatic rings. The Kier molecular flexibility index (Phi) is 3.77. The number of anilines is 1. The topological polar surface area (TPSA) is 61.8 Å². The molecule has 2 atom stereocenters. The van der Waals surface area contributed by atoms with E-state index in [1.165, 1.54) is 11.6 Å². The van der Waals surface area contributed by atoms with Gasteiger partial charge in [-0.1, -0.05) is 19.1 Å². The molecule has 2 unspecified atom stereocenters. The smallest absolute Gasteiger partial charge is 0.347 e. The van der Waals surface area contributed by atoms with E-state index in [0.29, 0.717) is 5.75 Å². The highest BCUT2D eigenvalue weighted by Crippen LogP contribution is 2.52. The van der Waals surface area contributed by atoms with E-state index in [4.69, 9.17) is 4.74 Å². The van der Waals surface area contributed by atoms with E-state index in [1.54, 1.807) is 24.3 Å². The number of benzene rings is 2. The van der Waals surface area contributed by atoms with Crippen molar-refractivity contribution < 1.29 is 14.6 Å². The number of fused-ring (bicyclic) bond motifs is 3. The lowest BCUT2D eigenvalue weighted by Gasteiger charge is -2.27. The van der Waals surface area contributed by atoms with Crippen LogP contribution in [0, 0.1) is 0 Å². The molecule has 2 aromatic carbocycles. The van der Waals surface area contributed by atoms with Gasteiger partial charge in [0.15, 0.2) is 0 Å². The van der Waals surface area contributed by atoms with Crippen molar-refractivity contribution in [1.29, 1.82) is 0 Å². The van der Waals surface area contributed by atoms with Crippen LogP contribution in [0.4, 0.5) is 5.69 Å². The fraction of sp³-hybridized carbons (Fsp3) is 0.316. The molecule has 2 aliphatic heterocycles. The molecule has 25 heavy (non-hydrogen) atoms. The Morgan fingerprint density at radius 1 is 1.40 bits per heavy atom. The summed E-state index contributed by atoms with van der Waals surface area (Å²) in [7, 11) is 2.07. The number of carbonyl (C=O) groups excluding carboxylic acids is 1. The Morgan fingerprint density at radius 3 is 2.92 bits per heavy atom. The van der Waals surface area contributed by atoms with Crippen LogP contribution in [-0.2, 0) is 5.41 Å². The van der Waals surface area contributed by atoms with Crippen LogP contribution in [0.25, 0.3) is 0 Å². The normalized spacial score (nSPS) is 24.1. The van der Waals surface area contributed by atoms with Gasteiger partial charge in [0, 0.05) is 16.9 Å². The highest BCUT2D eigenvalue weighted by molar-refractivity contribution is 9.10. The molecule has 0 bridgehead atoms. The van der Waals surface area contributed by atoms with Gasteiger partial charge in [-0.2, -0.15) is 0 Å². The van der Waals surface area contributed by atoms with Crippen molar-refractivity contribution in [2.75, 3.05) is 18.5 Å². The number of nitrogens with one attached hydrogen (secondary N) is 1. The zero-order valence-corrected chi connectivity index (χ0v) is 15.6. The zero-order valence-electron chi connectivity index (χ0n) is 14.0. The lowest BCUT2D eigenvalue weighted by molar-refractivity contribution is 0.0731. The van der Waals surface area contributed by atoms with Crippen LogP contribution in [0.5, 0.6) is 11.5 Å². The monoisotopic (exact) mass is 402 g/mol. The summed E-state index contributed by atoms with van der Waals surface area (Å²) in [4.78, 5) is 14.6. The second-order valence-corrected chi connectivity index (χ2v) is 7.70. The minimum atomic E-state index is -0.567. The van der Waals surface area contributed by atoms with Gasteiger partial charge in [-0.3, -0.25) is 5.32 Å². The number of phenols is 1. The standard InChI is InChI=1S/C19H19BrN2O3/c1-19-7-8-21-18(19)22(2)16-13(19)9-11(10-14(16)20)25-17(24)12-5-3-4-6-15(12)23/h3-6,9-10,18,21,23H,7-8H2,1-2H3. The summed E-state index contributed by atoms with van der Waals surface area (Å²) in [6.07, 6.45) is 1.26. The Balaban J connectivity index is 1.71. The summed E-state index contributed by atoms with van der Waals surface area (Å²) in [5.74, 6) is -0.178. The van der Waals surface area contributed by atoms with Crippen LogP contribution in [0.1, 0.15) is 29.3 Å². The molecular weight excluding hydrogens is 384 g/mol. The molecule has 2 aliphatic rings. The van der Waals surface area contributed by atoms with E-state index >= 15 is 0 Å². The molecule has 1 fully saturated rings. The van der Waals surface area contributed by atoms with Gasteiger partial charge in [0.2, 0.25) is 0 Å². The zero-order chi connectivity index (χ0) is 17.8. The van der Waals surface area contributed by atoms with Crippen molar-refractivity contribution in [1.82, 2.24) is 5.32 Å². The molecule has 130 valence electrons. The third-order valence-electron chi connectivity index (χ3n) is 5.31. The lowest BCUT2D eigenvalue weighted by Crippen LogP contribution is -2.44. The molecule has 4 rings (SSSR count). The Bertz CT molecular complexity index is 870. The van der Waals surface area contributed by atoms with E-state index in [1.807, 2.05) is 6.07 Å². The maximum Gasteiger partial charge on any atom is 0.347 e. The average molecular weight is 403 g/mol. The van der Waals surface area contributed by atoms with Gasteiger partial charge in [0.25, 0.3) is 0 Å². The molecule has 1 saturated heterocycles. The van der Waals surface area contributed by atoms with Crippen molar-refractivity contribution in [2.45, 2.75) is 24.9 Å². The minimum Gasteiger partial charge on any atom is -0.507 e. The molecule has 0 spiro atoms. The Hall–Kier alpha value is -2.05. The summed E-state index contributed by atoms with van der Waals surface area (Å²) in [6.45, 7) is 3.20. The number of aromatic hydroxyl groups is 1. The van der Waals surface area contributed by atoms with Crippen molar-refractivity contribution in [3.05, 3.63) is 52.0 Å². The largest absolute Gasteiger partial charge is 0.507 e. The SMILES string of the molecule is CN1c2c(Br)cc(OC(=O)c3ccccc3O)cc2C2(C)CCNC12. The first-order valence-electron chi connectivity index (χ1n) is 8.22. The first-order chi connectivity index (χ1) is 11.9. The third kappa shape index (κ3) is 2.43. The van der Waals surface area contributed by atoms with E-state index in [-0.39, 0.29) is 22.9 Å². The molecule has 6 heteroatoms. The number of rotatable bonds is 2. The van der Waals surface area contributed by atoms with Crippen LogP contribution in [-0.4, -0.2) is 30.8 Å². The summed E-state index contributed by atoms with van der Waals surface area (Å²) in [5, 5.41) is 13.4. The van der Waals surface area contributed by atoms with Crippen LogP contribution >= 0.6 is 15.9 Å². The molecule has 2 heterocycles. The molecule has 5 nitrogen and oxygen atoms in total. The summed E-state index contributed by atoms with van der Waals surface area (Å²) >= 11 is 3.62. The van der Waals surface area contributed by atoms with Crippen molar-refractivity contribution in [3.8, 4) is 11.5 Å². The number of phenolic OH excluding ortho intramolecular Hbond substituents is 1. The maximum atomic E-state index is 12.4. The van der Waals surface area contributed by atoms with E-state index in [0.717, 1.165) is 23.1 Å². The van der Waals surface area contributed by atoms with Crippen LogP contribution in [0.15, 0.2) is 40.9 Å². The third-order valence-corrected chi connectivity index (χ3v) is 5.92. The summed E-state index contributed by atoms with van der Waals surface area (Å²) in [6, 6.07) is 10.1. The molecule has 0 aromatic heterocycles. The van der Waals surface area contributed by atoms with Gasteiger partial charge in [0.05, 0.1) is 11.9 Å². The first kappa shape index (κ1) is 16.4. The minimum absolute atomic E-state index is 0.0239. The van der Waals surface area contributed by atoms with Gasteiger partial charge in [-0.05, 0) is 58.7 Å². The molecule has 2 N–H and O–H groups in total.